The molecule has 0 amide bonds. The Hall–Kier alpha value is -1.50. The summed E-state index contributed by atoms with van der Waals surface area (Å²) in [4.78, 5) is 0. The zero-order valence-corrected chi connectivity index (χ0v) is 13.0. The van der Waals surface area contributed by atoms with Crippen molar-refractivity contribution in [3.05, 3.63) is 62.6 Å². The van der Waals surface area contributed by atoms with E-state index in [1.807, 2.05) is 12.1 Å². The first kappa shape index (κ1) is 13.5. The summed E-state index contributed by atoms with van der Waals surface area (Å²) in [6, 6.07) is 14.0. The van der Waals surface area contributed by atoms with Crippen LogP contribution in [0, 0.1) is 11.3 Å². The van der Waals surface area contributed by atoms with E-state index < -0.39 is 0 Å². The van der Waals surface area contributed by atoms with Gasteiger partial charge in [-0.1, -0.05) is 39.7 Å². The van der Waals surface area contributed by atoms with Crippen LogP contribution in [0.25, 0.3) is 0 Å². The van der Waals surface area contributed by atoms with Crippen LogP contribution in [-0.2, 0) is 6.42 Å². The first-order chi connectivity index (χ1) is 9.69. The number of hydrogen-bond donors (Lipinski definition) is 1. The molecule has 0 saturated heterocycles. The maximum atomic E-state index is 9.18. The number of benzene rings is 2. The molecule has 4 heteroatoms. The monoisotopic (exact) mass is 346 g/mol. The number of halogens is 2. The van der Waals surface area contributed by atoms with Crippen LogP contribution in [0.15, 0.2) is 40.9 Å². The average Bonchev–Trinajstić information content (AvgIpc) is 2.84. The van der Waals surface area contributed by atoms with Crippen molar-refractivity contribution in [2.24, 2.45) is 0 Å². The minimum Gasteiger partial charge on any atom is -0.377 e. The van der Waals surface area contributed by atoms with Crippen molar-refractivity contribution in [1.82, 2.24) is 0 Å². The Bertz CT molecular complexity index is 706. The maximum Gasteiger partial charge on any atom is 0.101 e. The molecule has 1 unspecified atom stereocenters. The Kier molecular flexibility index (Phi) is 3.69. The van der Waals surface area contributed by atoms with Crippen LogP contribution in [0.4, 0.5) is 5.69 Å². The molecule has 0 fully saturated rings. The molecule has 1 atom stereocenters. The smallest absolute Gasteiger partial charge is 0.101 e. The van der Waals surface area contributed by atoms with Gasteiger partial charge in [-0.15, -0.1) is 0 Å². The standard InChI is InChI=1S/C16H12BrClN2/c17-14-3-1-2-13-12(14)6-7-15(13)20-16-8-11(18)5-4-10(16)9-19/h1-5,8,15,20H,6-7H2. The summed E-state index contributed by atoms with van der Waals surface area (Å²) in [6.45, 7) is 0. The second-order valence-corrected chi connectivity index (χ2v) is 6.14. The molecular weight excluding hydrogens is 336 g/mol. The highest BCUT2D eigenvalue weighted by Gasteiger charge is 2.24. The van der Waals surface area contributed by atoms with Crippen LogP contribution >= 0.6 is 27.5 Å². The van der Waals surface area contributed by atoms with E-state index in [0.717, 1.165) is 23.0 Å². The van der Waals surface area contributed by atoms with Gasteiger partial charge in [-0.05, 0) is 48.2 Å². The lowest BCUT2D eigenvalue weighted by molar-refractivity contribution is 0.761. The molecule has 2 nitrogen and oxygen atoms in total. The lowest BCUT2D eigenvalue weighted by Gasteiger charge is -2.17. The molecule has 0 radical (unpaired) electrons. The summed E-state index contributed by atoms with van der Waals surface area (Å²) in [7, 11) is 0. The third-order valence-electron chi connectivity index (χ3n) is 3.65. The molecule has 0 bridgehead atoms. The van der Waals surface area contributed by atoms with E-state index in [9.17, 15) is 5.26 Å². The van der Waals surface area contributed by atoms with E-state index >= 15 is 0 Å². The topological polar surface area (TPSA) is 35.8 Å². The summed E-state index contributed by atoms with van der Waals surface area (Å²) in [6.07, 6.45) is 2.06. The van der Waals surface area contributed by atoms with Crippen LogP contribution < -0.4 is 5.32 Å². The van der Waals surface area contributed by atoms with Gasteiger partial charge < -0.3 is 5.32 Å². The fraction of sp³-hybridized carbons (Fsp3) is 0.188. The average molecular weight is 348 g/mol. The Morgan fingerprint density at radius 2 is 2.15 bits per heavy atom. The third kappa shape index (κ3) is 2.42. The van der Waals surface area contributed by atoms with Gasteiger partial charge in [-0.2, -0.15) is 5.26 Å². The van der Waals surface area contributed by atoms with Gasteiger partial charge in [0.05, 0.1) is 17.3 Å². The molecule has 100 valence electrons. The highest BCUT2D eigenvalue weighted by atomic mass is 79.9. The number of nitriles is 1. The molecule has 1 aliphatic carbocycles. The molecule has 0 aliphatic heterocycles. The van der Waals surface area contributed by atoms with Gasteiger partial charge in [0.1, 0.15) is 6.07 Å². The number of nitrogens with one attached hydrogen (secondary N) is 1. The molecule has 3 rings (SSSR count). The predicted molar refractivity (Wildman–Crippen MR) is 85.0 cm³/mol. The van der Waals surface area contributed by atoms with Crippen LogP contribution in [-0.4, -0.2) is 0 Å². The summed E-state index contributed by atoms with van der Waals surface area (Å²) >= 11 is 9.63. The first-order valence-electron chi connectivity index (χ1n) is 6.42. The Balaban J connectivity index is 1.94. The van der Waals surface area contributed by atoms with Gasteiger partial charge >= 0.3 is 0 Å². The summed E-state index contributed by atoms with van der Waals surface area (Å²) in [5, 5.41) is 13.3. The number of fused-ring (bicyclic) bond motifs is 1. The van der Waals surface area contributed by atoms with E-state index in [-0.39, 0.29) is 6.04 Å². The number of rotatable bonds is 2. The lowest BCUT2D eigenvalue weighted by Crippen LogP contribution is -2.08. The quantitative estimate of drug-likeness (QED) is 0.823. The second kappa shape index (κ2) is 5.47. The van der Waals surface area contributed by atoms with Crippen molar-refractivity contribution < 1.29 is 0 Å². The van der Waals surface area contributed by atoms with E-state index in [0.29, 0.717) is 10.6 Å². The lowest BCUT2D eigenvalue weighted by atomic mass is 10.1. The largest absolute Gasteiger partial charge is 0.377 e. The Morgan fingerprint density at radius 1 is 1.30 bits per heavy atom. The molecule has 2 aromatic carbocycles. The van der Waals surface area contributed by atoms with E-state index in [1.165, 1.54) is 11.1 Å². The van der Waals surface area contributed by atoms with Crippen molar-refractivity contribution in [3.63, 3.8) is 0 Å². The number of anilines is 1. The summed E-state index contributed by atoms with van der Waals surface area (Å²) in [5.41, 5.74) is 4.07. The minimum absolute atomic E-state index is 0.230. The molecule has 1 aliphatic rings. The van der Waals surface area contributed by atoms with Crippen LogP contribution in [0.5, 0.6) is 0 Å². The van der Waals surface area contributed by atoms with Crippen molar-refractivity contribution >= 4 is 33.2 Å². The van der Waals surface area contributed by atoms with Crippen molar-refractivity contribution in [1.29, 1.82) is 5.26 Å². The third-order valence-corrected chi connectivity index (χ3v) is 4.62. The van der Waals surface area contributed by atoms with Gasteiger partial charge in [0.25, 0.3) is 0 Å². The Morgan fingerprint density at radius 3 is 2.95 bits per heavy atom. The second-order valence-electron chi connectivity index (χ2n) is 4.84. The molecule has 0 heterocycles. The highest BCUT2D eigenvalue weighted by molar-refractivity contribution is 9.10. The molecule has 0 spiro atoms. The Labute approximate surface area is 131 Å². The first-order valence-corrected chi connectivity index (χ1v) is 7.59. The zero-order chi connectivity index (χ0) is 14.1. The van der Waals surface area contributed by atoms with Crippen molar-refractivity contribution in [2.45, 2.75) is 18.9 Å². The van der Waals surface area contributed by atoms with Gasteiger partial charge in [0, 0.05) is 9.50 Å². The fourth-order valence-electron chi connectivity index (χ4n) is 2.68. The maximum absolute atomic E-state index is 9.18. The van der Waals surface area contributed by atoms with E-state index in [4.69, 9.17) is 11.6 Å². The van der Waals surface area contributed by atoms with E-state index in [2.05, 4.69) is 39.4 Å². The molecule has 0 aromatic heterocycles. The number of hydrogen-bond acceptors (Lipinski definition) is 2. The van der Waals surface area contributed by atoms with Crippen LogP contribution in [0.1, 0.15) is 29.2 Å². The molecular formula is C16H12BrClN2. The zero-order valence-electron chi connectivity index (χ0n) is 10.7. The summed E-state index contributed by atoms with van der Waals surface area (Å²) < 4.78 is 1.16. The summed E-state index contributed by atoms with van der Waals surface area (Å²) in [5.74, 6) is 0. The van der Waals surface area contributed by atoms with E-state index in [1.54, 1.807) is 12.1 Å². The van der Waals surface area contributed by atoms with Gasteiger partial charge in [0.15, 0.2) is 0 Å². The van der Waals surface area contributed by atoms with Gasteiger partial charge in [-0.25, -0.2) is 0 Å². The SMILES string of the molecule is N#Cc1ccc(Cl)cc1NC1CCc2c(Br)cccc21. The normalized spacial score (nSPS) is 16.6. The van der Waals surface area contributed by atoms with Gasteiger partial charge in [0.2, 0.25) is 0 Å². The highest BCUT2D eigenvalue weighted by Crippen LogP contribution is 2.38. The molecule has 20 heavy (non-hydrogen) atoms. The van der Waals surface area contributed by atoms with Crippen LogP contribution in [0.3, 0.4) is 0 Å². The molecule has 2 aromatic rings. The van der Waals surface area contributed by atoms with Crippen molar-refractivity contribution in [2.75, 3.05) is 5.32 Å². The predicted octanol–water partition coefficient (Wildman–Crippen LogP) is 5.07. The van der Waals surface area contributed by atoms with Gasteiger partial charge in [-0.3, -0.25) is 0 Å². The fourth-order valence-corrected chi connectivity index (χ4v) is 3.43. The number of nitrogens with zero attached hydrogens (tertiary/aromatic N) is 1. The van der Waals surface area contributed by atoms with Crippen molar-refractivity contribution in [3.8, 4) is 6.07 Å². The van der Waals surface area contributed by atoms with Crippen LogP contribution in [0.2, 0.25) is 5.02 Å². The minimum atomic E-state index is 0.230. The molecule has 1 N–H and O–H groups in total. The molecule has 0 saturated carbocycles.